The number of piperidine rings is 1. The molecule has 2 rings (SSSR count). The van der Waals surface area contributed by atoms with E-state index in [4.69, 9.17) is 11.6 Å². The first-order valence-corrected chi connectivity index (χ1v) is 8.15. The molecule has 1 aliphatic heterocycles. The normalized spacial score (nSPS) is 16.3. The molecule has 0 radical (unpaired) electrons. The minimum absolute atomic E-state index is 0.0110. The smallest absolute Gasteiger partial charge is 0.227 e. The number of benzene rings is 1. The number of likely N-dealkylation sites (tertiary alicyclic amines) is 1. The van der Waals surface area contributed by atoms with E-state index in [1.54, 1.807) is 6.07 Å². The summed E-state index contributed by atoms with van der Waals surface area (Å²) in [6, 6.07) is 4.53. The molecule has 1 aliphatic rings. The van der Waals surface area contributed by atoms with E-state index in [2.05, 4.69) is 5.32 Å². The third-order valence-corrected chi connectivity index (χ3v) is 4.25. The van der Waals surface area contributed by atoms with Crippen molar-refractivity contribution in [2.75, 3.05) is 18.4 Å². The minimum Gasteiger partial charge on any atom is -0.506 e. The van der Waals surface area contributed by atoms with Crippen LogP contribution in [0.25, 0.3) is 0 Å². The Bertz CT molecular complexity index is 602. The van der Waals surface area contributed by atoms with Crippen molar-refractivity contribution in [2.45, 2.75) is 33.6 Å². The first-order valence-electron chi connectivity index (χ1n) is 7.77. The fraction of sp³-hybridized carbons (Fsp3) is 0.529. The summed E-state index contributed by atoms with van der Waals surface area (Å²) in [6.07, 6.45) is 1.24. The third-order valence-electron chi connectivity index (χ3n) is 4.01. The molecule has 0 atom stereocenters. The van der Waals surface area contributed by atoms with E-state index in [1.807, 2.05) is 25.7 Å². The van der Waals surface area contributed by atoms with Crippen molar-refractivity contribution in [1.82, 2.24) is 4.90 Å². The van der Waals surface area contributed by atoms with Crippen LogP contribution in [0.15, 0.2) is 18.2 Å². The number of phenolic OH excluding ortho intramolecular Hbond substituents is 1. The van der Waals surface area contributed by atoms with Crippen molar-refractivity contribution >= 4 is 29.1 Å². The van der Waals surface area contributed by atoms with Crippen molar-refractivity contribution in [3.05, 3.63) is 23.2 Å². The maximum atomic E-state index is 12.3. The summed E-state index contributed by atoms with van der Waals surface area (Å²) in [5, 5.41) is 12.9. The number of aromatic hydroxyl groups is 1. The number of amides is 2. The van der Waals surface area contributed by atoms with Crippen molar-refractivity contribution in [1.29, 1.82) is 0 Å². The molecule has 6 heteroatoms. The van der Waals surface area contributed by atoms with Crippen LogP contribution in [0.4, 0.5) is 5.69 Å². The van der Waals surface area contributed by atoms with E-state index in [-0.39, 0.29) is 23.5 Å². The quantitative estimate of drug-likeness (QED) is 0.813. The summed E-state index contributed by atoms with van der Waals surface area (Å²) in [7, 11) is 0. The highest BCUT2D eigenvalue weighted by atomic mass is 35.5. The number of phenols is 1. The van der Waals surface area contributed by atoms with Crippen LogP contribution >= 0.6 is 11.6 Å². The lowest BCUT2D eigenvalue weighted by Crippen LogP contribution is -2.45. The van der Waals surface area contributed by atoms with Gasteiger partial charge in [-0.25, -0.2) is 0 Å². The molecule has 0 bridgehead atoms. The van der Waals surface area contributed by atoms with Crippen LogP contribution < -0.4 is 5.32 Å². The van der Waals surface area contributed by atoms with Gasteiger partial charge in [-0.1, -0.05) is 32.4 Å². The van der Waals surface area contributed by atoms with Crippen LogP contribution in [-0.2, 0) is 9.59 Å². The highest BCUT2D eigenvalue weighted by Crippen LogP contribution is 2.29. The topological polar surface area (TPSA) is 69.6 Å². The Balaban J connectivity index is 1.94. The van der Waals surface area contributed by atoms with E-state index in [9.17, 15) is 14.7 Å². The number of hydrogen-bond acceptors (Lipinski definition) is 3. The molecule has 2 N–H and O–H groups in total. The molecule has 23 heavy (non-hydrogen) atoms. The zero-order valence-corrected chi connectivity index (χ0v) is 14.5. The van der Waals surface area contributed by atoms with Crippen molar-refractivity contribution in [2.24, 2.45) is 11.3 Å². The second kappa shape index (κ2) is 6.79. The SMILES string of the molecule is CC(C)(C)C(=O)N1CCC(C(=O)Nc2cc(Cl)ccc2O)CC1. The predicted octanol–water partition coefficient (Wildman–Crippen LogP) is 3.27. The van der Waals surface area contributed by atoms with Crippen LogP contribution in [-0.4, -0.2) is 34.9 Å². The zero-order chi connectivity index (χ0) is 17.2. The Morgan fingerprint density at radius 3 is 2.43 bits per heavy atom. The predicted molar refractivity (Wildman–Crippen MR) is 90.5 cm³/mol. The Labute approximate surface area is 141 Å². The molecule has 1 aromatic carbocycles. The van der Waals surface area contributed by atoms with Crippen LogP contribution in [0.2, 0.25) is 5.02 Å². The van der Waals surface area contributed by atoms with E-state index in [0.29, 0.717) is 36.6 Å². The lowest BCUT2D eigenvalue weighted by molar-refractivity contribution is -0.142. The minimum atomic E-state index is -0.401. The molecular formula is C17H23ClN2O3. The number of nitrogens with zero attached hydrogens (tertiary/aromatic N) is 1. The summed E-state index contributed by atoms with van der Waals surface area (Å²) in [5.41, 5.74) is -0.0857. The molecule has 1 aromatic rings. The maximum absolute atomic E-state index is 12.3. The molecule has 0 aromatic heterocycles. The number of hydrogen-bond donors (Lipinski definition) is 2. The fourth-order valence-electron chi connectivity index (χ4n) is 2.66. The molecule has 0 unspecified atom stereocenters. The number of carbonyl (C=O) groups is 2. The molecular weight excluding hydrogens is 316 g/mol. The van der Waals surface area contributed by atoms with E-state index < -0.39 is 5.41 Å². The molecule has 2 amide bonds. The molecule has 1 fully saturated rings. The lowest BCUT2D eigenvalue weighted by Gasteiger charge is -2.35. The average Bonchev–Trinajstić information content (AvgIpc) is 2.49. The highest BCUT2D eigenvalue weighted by molar-refractivity contribution is 6.31. The summed E-state index contributed by atoms with van der Waals surface area (Å²) < 4.78 is 0. The van der Waals surface area contributed by atoms with E-state index in [1.165, 1.54) is 12.1 Å². The molecule has 0 aliphatic carbocycles. The number of nitrogens with one attached hydrogen (secondary N) is 1. The zero-order valence-electron chi connectivity index (χ0n) is 13.7. The van der Waals surface area contributed by atoms with Crippen LogP contribution in [0.1, 0.15) is 33.6 Å². The lowest BCUT2D eigenvalue weighted by atomic mass is 9.90. The summed E-state index contributed by atoms with van der Waals surface area (Å²) >= 11 is 5.88. The number of halogens is 1. The Morgan fingerprint density at radius 2 is 1.87 bits per heavy atom. The largest absolute Gasteiger partial charge is 0.506 e. The summed E-state index contributed by atoms with van der Waals surface area (Å²) in [5.74, 6) is -0.213. The van der Waals surface area contributed by atoms with Gasteiger partial charge in [0.05, 0.1) is 5.69 Å². The van der Waals surface area contributed by atoms with Crippen LogP contribution in [0, 0.1) is 11.3 Å². The fourth-order valence-corrected chi connectivity index (χ4v) is 2.83. The van der Waals surface area contributed by atoms with Gasteiger partial charge in [-0.3, -0.25) is 9.59 Å². The Morgan fingerprint density at radius 1 is 1.26 bits per heavy atom. The van der Waals surface area contributed by atoms with Gasteiger partial charge in [0.2, 0.25) is 11.8 Å². The van der Waals surface area contributed by atoms with Gasteiger partial charge < -0.3 is 15.3 Å². The molecule has 0 spiro atoms. The Hall–Kier alpha value is -1.75. The molecule has 126 valence electrons. The molecule has 1 heterocycles. The number of anilines is 1. The average molecular weight is 339 g/mol. The second-order valence-corrected chi connectivity index (χ2v) is 7.40. The van der Waals surface area contributed by atoms with Gasteiger partial charge in [0, 0.05) is 29.4 Å². The van der Waals surface area contributed by atoms with Gasteiger partial charge in [0.1, 0.15) is 5.75 Å². The third kappa shape index (κ3) is 4.38. The first kappa shape index (κ1) is 17.6. The van der Waals surface area contributed by atoms with Gasteiger partial charge >= 0.3 is 0 Å². The highest BCUT2D eigenvalue weighted by Gasteiger charge is 2.32. The van der Waals surface area contributed by atoms with Gasteiger partial charge in [0.25, 0.3) is 0 Å². The van der Waals surface area contributed by atoms with Crippen LogP contribution in [0.5, 0.6) is 5.75 Å². The molecule has 1 saturated heterocycles. The van der Waals surface area contributed by atoms with Crippen molar-refractivity contribution in [3.8, 4) is 5.75 Å². The first-order chi connectivity index (χ1) is 10.7. The Kier molecular flexibility index (Phi) is 5.19. The summed E-state index contributed by atoms with van der Waals surface area (Å²) in [6.45, 7) is 6.85. The van der Waals surface area contributed by atoms with E-state index in [0.717, 1.165) is 0 Å². The van der Waals surface area contributed by atoms with Gasteiger partial charge in [-0.05, 0) is 31.0 Å². The molecule has 0 saturated carbocycles. The van der Waals surface area contributed by atoms with Gasteiger partial charge in [-0.2, -0.15) is 0 Å². The van der Waals surface area contributed by atoms with Crippen molar-refractivity contribution < 1.29 is 14.7 Å². The van der Waals surface area contributed by atoms with E-state index >= 15 is 0 Å². The number of rotatable bonds is 2. The monoisotopic (exact) mass is 338 g/mol. The van der Waals surface area contributed by atoms with Gasteiger partial charge in [0.15, 0.2) is 0 Å². The maximum Gasteiger partial charge on any atom is 0.227 e. The van der Waals surface area contributed by atoms with Crippen molar-refractivity contribution in [3.63, 3.8) is 0 Å². The standard InChI is InChI=1S/C17H23ClN2O3/c1-17(2,3)16(23)20-8-6-11(7-9-20)15(22)19-13-10-12(18)4-5-14(13)21/h4-5,10-11,21H,6-9H2,1-3H3,(H,19,22). The summed E-state index contributed by atoms with van der Waals surface area (Å²) in [4.78, 5) is 26.4. The van der Waals surface area contributed by atoms with Crippen LogP contribution in [0.3, 0.4) is 0 Å². The number of carbonyl (C=O) groups excluding carboxylic acids is 2. The second-order valence-electron chi connectivity index (χ2n) is 6.97. The van der Waals surface area contributed by atoms with Gasteiger partial charge in [-0.15, -0.1) is 0 Å². The molecule has 5 nitrogen and oxygen atoms in total.